The van der Waals surface area contributed by atoms with Gasteiger partial charge in [-0.1, -0.05) is 12.1 Å². The number of thioether (sulfide) groups is 1. The quantitative estimate of drug-likeness (QED) is 0.857. The molecule has 1 aromatic carbocycles. The Balaban J connectivity index is 2.04. The number of nitrogens with zero attached hydrogens (tertiary/aromatic N) is 1. The van der Waals surface area contributed by atoms with E-state index in [-0.39, 0.29) is 11.7 Å². The number of anilines is 1. The molecule has 1 amide bonds. The van der Waals surface area contributed by atoms with Crippen LogP contribution >= 0.6 is 23.1 Å². The Labute approximate surface area is 131 Å². The second kappa shape index (κ2) is 7.53. The van der Waals surface area contributed by atoms with Gasteiger partial charge in [-0.25, -0.2) is 9.37 Å². The molecule has 0 saturated carbocycles. The van der Waals surface area contributed by atoms with Crippen molar-refractivity contribution in [3.05, 3.63) is 35.5 Å². The molecule has 1 atom stereocenters. The summed E-state index contributed by atoms with van der Waals surface area (Å²) in [6.07, 6.45) is 2.57. The Kier molecular flexibility index (Phi) is 5.72. The number of benzene rings is 1. The molecule has 7 heteroatoms. The van der Waals surface area contributed by atoms with Crippen LogP contribution < -0.4 is 11.1 Å². The van der Waals surface area contributed by atoms with Crippen molar-refractivity contribution in [2.24, 2.45) is 5.73 Å². The molecule has 1 aromatic heterocycles. The molecule has 0 spiro atoms. The highest BCUT2D eigenvalue weighted by atomic mass is 32.2. The summed E-state index contributed by atoms with van der Waals surface area (Å²) in [6, 6.07) is 5.84. The van der Waals surface area contributed by atoms with Gasteiger partial charge in [0, 0.05) is 10.9 Å². The van der Waals surface area contributed by atoms with E-state index in [2.05, 4.69) is 10.3 Å². The number of carbonyl (C=O) groups is 1. The predicted molar refractivity (Wildman–Crippen MR) is 87.1 cm³/mol. The van der Waals surface area contributed by atoms with Crippen molar-refractivity contribution < 1.29 is 9.18 Å². The molecule has 4 nitrogen and oxygen atoms in total. The summed E-state index contributed by atoms with van der Waals surface area (Å²) < 4.78 is 13.7. The van der Waals surface area contributed by atoms with Crippen LogP contribution in [-0.4, -0.2) is 28.9 Å². The molecular weight excluding hydrogens is 309 g/mol. The molecule has 3 N–H and O–H groups in total. The fourth-order valence-corrected chi connectivity index (χ4v) is 2.90. The second-order valence-electron chi connectivity index (χ2n) is 4.39. The number of thiazole rings is 1. The minimum atomic E-state index is -0.557. The number of nitrogens with two attached hydrogens (primary N) is 1. The molecule has 0 unspecified atom stereocenters. The molecule has 0 aliphatic carbocycles. The SMILES string of the molecule is CSCC[C@H](N)C(=O)Nc1nc(-c2ccccc2F)cs1. The maximum atomic E-state index is 13.7. The number of hydrogen-bond acceptors (Lipinski definition) is 5. The zero-order chi connectivity index (χ0) is 15.2. The van der Waals surface area contributed by atoms with Crippen molar-refractivity contribution in [1.29, 1.82) is 0 Å². The highest BCUT2D eigenvalue weighted by molar-refractivity contribution is 7.98. The number of nitrogens with one attached hydrogen (secondary N) is 1. The number of hydrogen-bond donors (Lipinski definition) is 2. The van der Waals surface area contributed by atoms with E-state index in [9.17, 15) is 9.18 Å². The van der Waals surface area contributed by atoms with Crippen LogP contribution in [-0.2, 0) is 4.79 Å². The molecule has 0 aliphatic heterocycles. The maximum absolute atomic E-state index is 13.7. The fourth-order valence-electron chi connectivity index (χ4n) is 1.70. The van der Waals surface area contributed by atoms with Gasteiger partial charge in [-0.3, -0.25) is 4.79 Å². The average molecular weight is 325 g/mol. The lowest BCUT2D eigenvalue weighted by Crippen LogP contribution is -2.36. The van der Waals surface area contributed by atoms with Crippen molar-refractivity contribution in [1.82, 2.24) is 4.98 Å². The monoisotopic (exact) mass is 325 g/mol. The van der Waals surface area contributed by atoms with Crippen LogP contribution in [0.25, 0.3) is 11.3 Å². The third-order valence-electron chi connectivity index (χ3n) is 2.85. The summed E-state index contributed by atoms with van der Waals surface area (Å²) in [7, 11) is 0. The van der Waals surface area contributed by atoms with E-state index in [1.807, 2.05) is 6.26 Å². The van der Waals surface area contributed by atoms with Crippen molar-refractivity contribution >= 4 is 34.1 Å². The van der Waals surface area contributed by atoms with Gasteiger partial charge in [0.15, 0.2) is 5.13 Å². The molecule has 2 rings (SSSR count). The van der Waals surface area contributed by atoms with Crippen LogP contribution in [0.3, 0.4) is 0 Å². The minimum absolute atomic E-state index is 0.265. The van der Waals surface area contributed by atoms with E-state index in [4.69, 9.17) is 5.73 Å². The lowest BCUT2D eigenvalue weighted by molar-refractivity contribution is -0.117. The second-order valence-corrected chi connectivity index (χ2v) is 6.24. The topological polar surface area (TPSA) is 68.0 Å². The maximum Gasteiger partial charge on any atom is 0.243 e. The number of amides is 1. The van der Waals surface area contributed by atoms with Crippen LogP contribution in [0.5, 0.6) is 0 Å². The first kappa shape index (κ1) is 15.9. The Morgan fingerprint density at radius 2 is 2.29 bits per heavy atom. The van der Waals surface area contributed by atoms with Gasteiger partial charge in [0.25, 0.3) is 0 Å². The summed E-state index contributed by atoms with van der Waals surface area (Å²) in [6.45, 7) is 0. The molecule has 21 heavy (non-hydrogen) atoms. The first-order valence-corrected chi connectivity index (χ1v) is 8.65. The third-order valence-corrected chi connectivity index (χ3v) is 4.26. The van der Waals surface area contributed by atoms with E-state index in [0.29, 0.717) is 22.8 Å². The van der Waals surface area contributed by atoms with Crippen LogP contribution in [0, 0.1) is 5.82 Å². The molecule has 0 aliphatic rings. The Hall–Kier alpha value is -1.44. The number of carbonyl (C=O) groups excluding carboxylic acids is 1. The molecular formula is C14H16FN3OS2. The standard InChI is InChI=1S/C14H16FN3OS2/c1-20-7-6-11(16)13(19)18-14-17-12(8-21-14)9-4-2-3-5-10(9)15/h2-5,8,11H,6-7,16H2,1H3,(H,17,18,19)/t11-/m0/s1. The van der Waals surface area contributed by atoms with E-state index >= 15 is 0 Å². The minimum Gasteiger partial charge on any atom is -0.320 e. The summed E-state index contributed by atoms with van der Waals surface area (Å²) in [4.78, 5) is 16.1. The van der Waals surface area contributed by atoms with E-state index in [1.54, 1.807) is 35.3 Å². The van der Waals surface area contributed by atoms with Gasteiger partial charge in [0.05, 0.1) is 11.7 Å². The summed E-state index contributed by atoms with van der Waals surface area (Å²) in [5, 5.41) is 4.81. The van der Waals surface area contributed by atoms with Gasteiger partial charge in [0.2, 0.25) is 5.91 Å². The zero-order valence-corrected chi connectivity index (χ0v) is 13.1. The molecule has 0 bridgehead atoms. The molecule has 0 fully saturated rings. The largest absolute Gasteiger partial charge is 0.320 e. The summed E-state index contributed by atoms with van der Waals surface area (Å²) in [5.41, 5.74) is 6.71. The predicted octanol–water partition coefficient (Wildman–Crippen LogP) is 2.97. The molecule has 0 saturated heterocycles. The van der Waals surface area contributed by atoms with Crippen LogP contribution in [0.2, 0.25) is 0 Å². The Bertz CT molecular complexity index is 618. The molecule has 0 radical (unpaired) electrons. The van der Waals surface area contributed by atoms with Crippen LogP contribution in [0.15, 0.2) is 29.6 Å². The van der Waals surface area contributed by atoms with Gasteiger partial charge in [-0.2, -0.15) is 11.8 Å². The van der Waals surface area contributed by atoms with Crippen LogP contribution in [0.1, 0.15) is 6.42 Å². The first-order valence-electron chi connectivity index (χ1n) is 6.37. The van der Waals surface area contributed by atoms with Gasteiger partial charge < -0.3 is 11.1 Å². The number of aromatic nitrogens is 1. The van der Waals surface area contributed by atoms with Crippen molar-refractivity contribution in [3.63, 3.8) is 0 Å². The Morgan fingerprint density at radius 3 is 3.00 bits per heavy atom. The van der Waals surface area contributed by atoms with Gasteiger partial charge >= 0.3 is 0 Å². The lowest BCUT2D eigenvalue weighted by Gasteiger charge is -2.09. The van der Waals surface area contributed by atoms with Gasteiger partial charge in [0.1, 0.15) is 5.82 Å². The van der Waals surface area contributed by atoms with Crippen molar-refractivity contribution in [3.8, 4) is 11.3 Å². The normalized spacial score (nSPS) is 12.1. The summed E-state index contributed by atoms with van der Waals surface area (Å²) >= 11 is 2.89. The fraction of sp³-hybridized carbons (Fsp3) is 0.286. The van der Waals surface area contributed by atoms with Gasteiger partial charge in [-0.15, -0.1) is 11.3 Å². The Morgan fingerprint density at radius 1 is 1.52 bits per heavy atom. The van der Waals surface area contributed by atoms with Crippen molar-refractivity contribution in [2.45, 2.75) is 12.5 Å². The molecule has 112 valence electrons. The van der Waals surface area contributed by atoms with E-state index < -0.39 is 6.04 Å². The number of halogens is 1. The number of rotatable bonds is 6. The van der Waals surface area contributed by atoms with Crippen molar-refractivity contribution in [2.75, 3.05) is 17.3 Å². The van der Waals surface area contributed by atoms with E-state index in [1.165, 1.54) is 17.4 Å². The molecule has 1 heterocycles. The van der Waals surface area contributed by atoms with Gasteiger partial charge in [-0.05, 0) is 30.6 Å². The zero-order valence-electron chi connectivity index (χ0n) is 11.5. The van der Waals surface area contributed by atoms with Crippen LogP contribution in [0.4, 0.5) is 9.52 Å². The smallest absolute Gasteiger partial charge is 0.243 e. The third kappa shape index (κ3) is 4.26. The van der Waals surface area contributed by atoms with E-state index in [0.717, 1.165) is 5.75 Å². The lowest BCUT2D eigenvalue weighted by atomic mass is 10.2. The molecule has 2 aromatic rings. The average Bonchev–Trinajstić information content (AvgIpc) is 2.93. The highest BCUT2D eigenvalue weighted by Crippen LogP contribution is 2.26. The first-order chi connectivity index (χ1) is 10.1. The summed E-state index contributed by atoms with van der Waals surface area (Å²) in [5.74, 6) is 0.225. The highest BCUT2D eigenvalue weighted by Gasteiger charge is 2.15.